The molecule has 5 atom stereocenters. The number of unbranched alkanes of at least 4 members (excludes halogenated alkanes) is 1. The maximum Gasteiger partial charge on any atom is 0.306 e. The lowest BCUT2D eigenvalue weighted by Gasteiger charge is -2.21. The molecule has 0 aromatic heterocycles. The third-order valence-corrected chi connectivity index (χ3v) is 4.38. The highest BCUT2D eigenvalue weighted by molar-refractivity contribution is 7.09. The lowest BCUT2D eigenvalue weighted by molar-refractivity contribution is -0.147. The monoisotopic (exact) mass is 334 g/mol. The average Bonchev–Trinajstić information content (AvgIpc) is 2.77. The Labute approximate surface area is 134 Å². The summed E-state index contributed by atoms with van der Waals surface area (Å²) >= 11 is 0. The standard InChI is InChI=1S/C16H28FO4P/c1-11(2)20-16(19)8-6-4-3-5-7-12-13(10-18)14(17)9-15(12)21-22/h3,5,11-15,18H,4,6-10,22H2,1-2H3/b5-3-/t12-,13-,14?,15?/m1/s1. The Bertz CT molecular complexity index is 362. The van der Waals surface area contributed by atoms with E-state index < -0.39 is 6.17 Å². The Hall–Kier alpha value is -0.510. The Morgan fingerprint density at radius 1 is 1.41 bits per heavy atom. The van der Waals surface area contributed by atoms with E-state index >= 15 is 0 Å². The lowest BCUT2D eigenvalue weighted by Crippen LogP contribution is -2.23. The number of hydrogen-bond acceptors (Lipinski definition) is 4. The van der Waals surface area contributed by atoms with Gasteiger partial charge in [-0.3, -0.25) is 4.79 Å². The van der Waals surface area contributed by atoms with Gasteiger partial charge in [-0.25, -0.2) is 4.39 Å². The van der Waals surface area contributed by atoms with Gasteiger partial charge in [-0.05, 0) is 39.0 Å². The van der Waals surface area contributed by atoms with Crippen molar-refractivity contribution in [2.75, 3.05) is 6.61 Å². The van der Waals surface area contributed by atoms with Gasteiger partial charge >= 0.3 is 5.97 Å². The highest BCUT2D eigenvalue weighted by Crippen LogP contribution is 2.39. The topological polar surface area (TPSA) is 55.8 Å². The number of aliphatic hydroxyl groups excluding tert-OH is 1. The minimum absolute atomic E-state index is 0.000318. The van der Waals surface area contributed by atoms with Crippen molar-refractivity contribution in [2.24, 2.45) is 11.8 Å². The summed E-state index contributed by atoms with van der Waals surface area (Å²) in [7, 11) is 2.19. The van der Waals surface area contributed by atoms with E-state index in [1.165, 1.54) is 0 Å². The van der Waals surface area contributed by atoms with Crippen molar-refractivity contribution in [1.82, 2.24) is 0 Å². The first kappa shape index (κ1) is 19.5. The van der Waals surface area contributed by atoms with Gasteiger partial charge in [0.15, 0.2) is 0 Å². The van der Waals surface area contributed by atoms with Crippen molar-refractivity contribution in [3.05, 3.63) is 12.2 Å². The quantitative estimate of drug-likeness (QED) is 0.304. The molecule has 1 fully saturated rings. The summed E-state index contributed by atoms with van der Waals surface area (Å²) in [5.74, 6) is -0.521. The molecule has 1 aliphatic carbocycles. The molecule has 6 heteroatoms. The van der Waals surface area contributed by atoms with Crippen molar-refractivity contribution in [1.29, 1.82) is 0 Å². The molecule has 1 rings (SSSR count). The first-order valence-corrected chi connectivity index (χ1v) is 8.41. The second kappa shape index (κ2) is 10.3. The summed E-state index contributed by atoms with van der Waals surface area (Å²) in [5.41, 5.74) is 0. The molecule has 128 valence electrons. The number of rotatable bonds is 9. The largest absolute Gasteiger partial charge is 0.463 e. The Morgan fingerprint density at radius 2 is 2.14 bits per heavy atom. The van der Waals surface area contributed by atoms with E-state index in [2.05, 4.69) is 9.47 Å². The molecule has 0 aliphatic heterocycles. The zero-order valence-electron chi connectivity index (χ0n) is 13.4. The smallest absolute Gasteiger partial charge is 0.306 e. The van der Waals surface area contributed by atoms with E-state index in [0.717, 1.165) is 12.8 Å². The molecule has 3 unspecified atom stereocenters. The summed E-state index contributed by atoms with van der Waals surface area (Å²) in [6.07, 6.45) is 5.73. The van der Waals surface area contributed by atoms with Gasteiger partial charge in [-0.15, -0.1) is 0 Å². The molecule has 0 radical (unpaired) electrons. The minimum Gasteiger partial charge on any atom is -0.463 e. The Morgan fingerprint density at radius 3 is 2.73 bits per heavy atom. The summed E-state index contributed by atoms with van der Waals surface area (Å²) in [4.78, 5) is 11.4. The van der Waals surface area contributed by atoms with E-state index in [1.807, 2.05) is 26.0 Å². The van der Waals surface area contributed by atoms with Crippen LogP contribution in [0.25, 0.3) is 0 Å². The van der Waals surface area contributed by atoms with Crippen LogP contribution in [0.4, 0.5) is 4.39 Å². The Kier molecular flexibility index (Phi) is 9.15. The molecule has 0 spiro atoms. The molecular formula is C16H28FO4P. The van der Waals surface area contributed by atoms with Crippen molar-refractivity contribution < 1.29 is 23.6 Å². The van der Waals surface area contributed by atoms with Crippen molar-refractivity contribution in [2.45, 2.75) is 64.3 Å². The molecule has 1 aliphatic rings. The second-order valence-corrected chi connectivity index (χ2v) is 6.35. The summed E-state index contributed by atoms with van der Waals surface area (Å²) in [6.45, 7) is 3.52. The van der Waals surface area contributed by atoms with Gasteiger partial charge in [0.25, 0.3) is 0 Å². The van der Waals surface area contributed by atoms with E-state index in [1.54, 1.807) is 0 Å². The van der Waals surface area contributed by atoms with Gasteiger partial charge in [0.2, 0.25) is 0 Å². The number of allylic oxidation sites excluding steroid dienone is 2. The summed E-state index contributed by atoms with van der Waals surface area (Å²) in [6, 6.07) is 0. The van der Waals surface area contributed by atoms with Gasteiger partial charge < -0.3 is 14.4 Å². The van der Waals surface area contributed by atoms with Crippen molar-refractivity contribution in [3.63, 3.8) is 0 Å². The zero-order valence-corrected chi connectivity index (χ0v) is 14.6. The van der Waals surface area contributed by atoms with Crippen LogP contribution in [-0.2, 0) is 14.1 Å². The van der Waals surface area contributed by atoms with Crippen LogP contribution in [0.3, 0.4) is 0 Å². The van der Waals surface area contributed by atoms with Crippen LogP contribution in [-0.4, -0.2) is 36.1 Å². The molecule has 22 heavy (non-hydrogen) atoms. The predicted octanol–water partition coefficient (Wildman–Crippen LogP) is 3.20. The fourth-order valence-corrected chi connectivity index (χ4v) is 3.22. The summed E-state index contributed by atoms with van der Waals surface area (Å²) < 4.78 is 24.1. The van der Waals surface area contributed by atoms with Gasteiger partial charge in [-0.2, -0.15) is 0 Å². The maximum atomic E-state index is 13.8. The third-order valence-electron chi connectivity index (χ3n) is 4.03. The number of aliphatic hydroxyl groups is 1. The molecule has 0 aromatic carbocycles. The molecule has 0 bridgehead atoms. The van der Waals surface area contributed by atoms with Crippen LogP contribution in [0.5, 0.6) is 0 Å². The lowest BCUT2D eigenvalue weighted by atomic mass is 9.91. The molecule has 4 nitrogen and oxygen atoms in total. The predicted molar refractivity (Wildman–Crippen MR) is 87.0 cm³/mol. The number of esters is 1. The number of carbonyl (C=O) groups is 1. The summed E-state index contributed by atoms with van der Waals surface area (Å²) in [5, 5.41) is 9.32. The maximum absolute atomic E-state index is 13.8. The molecule has 0 aromatic rings. The van der Waals surface area contributed by atoms with Gasteiger partial charge in [-0.1, -0.05) is 12.2 Å². The SMILES string of the molecule is CC(C)OC(=O)CCC/C=C\C[C@H]1C(OP)CC(F)[C@@H]1CO. The third kappa shape index (κ3) is 6.31. The molecular weight excluding hydrogens is 306 g/mol. The molecule has 0 saturated heterocycles. The van der Waals surface area contributed by atoms with Crippen LogP contribution >= 0.6 is 9.47 Å². The van der Waals surface area contributed by atoms with E-state index in [-0.39, 0.29) is 36.6 Å². The molecule has 0 amide bonds. The van der Waals surface area contributed by atoms with E-state index in [4.69, 9.17) is 9.26 Å². The van der Waals surface area contributed by atoms with Gasteiger partial charge in [0.05, 0.1) is 12.2 Å². The normalized spacial score (nSPS) is 28.6. The molecule has 0 heterocycles. The van der Waals surface area contributed by atoms with Gasteiger partial charge in [0, 0.05) is 34.8 Å². The number of halogens is 1. The first-order chi connectivity index (χ1) is 10.5. The second-order valence-electron chi connectivity index (χ2n) is 6.07. The number of alkyl halides is 1. The number of ether oxygens (including phenoxy) is 1. The fraction of sp³-hybridized carbons (Fsp3) is 0.812. The minimum atomic E-state index is -1.00. The first-order valence-electron chi connectivity index (χ1n) is 7.94. The number of hydrogen-bond donors (Lipinski definition) is 1. The molecule has 1 N–H and O–H groups in total. The van der Waals surface area contributed by atoms with Crippen LogP contribution in [0, 0.1) is 11.8 Å². The average molecular weight is 334 g/mol. The highest BCUT2D eigenvalue weighted by atomic mass is 31.0. The van der Waals surface area contributed by atoms with E-state index in [0.29, 0.717) is 19.3 Å². The Balaban J connectivity index is 2.28. The fourth-order valence-electron chi connectivity index (χ4n) is 2.91. The highest BCUT2D eigenvalue weighted by Gasteiger charge is 2.42. The van der Waals surface area contributed by atoms with Crippen LogP contribution in [0.15, 0.2) is 12.2 Å². The zero-order chi connectivity index (χ0) is 16.5. The van der Waals surface area contributed by atoms with Crippen molar-refractivity contribution in [3.8, 4) is 0 Å². The number of carbonyl (C=O) groups excluding carboxylic acids is 1. The van der Waals surface area contributed by atoms with Gasteiger partial charge in [0.1, 0.15) is 6.17 Å². The van der Waals surface area contributed by atoms with Crippen LogP contribution in [0.2, 0.25) is 0 Å². The van der Waals surface area contributed by atoms with E-state index in [9.17, 15) is 14.3 Å². The van der Waals surface area contributed by atoms with Crippen molar-refractivity contribution >= 4 is 15.4 Å². The van der Waals surface area contributed by atoms with Crippen LogP contribution < -0.4 is 0 Å². The molecule has 1 saturated carbocycles. The van der Waals surface area contributed by atoms with Crippen LogP contribution in [0.1, 0.15) is 46.0 Å².